The van der Waals surface area contributed by atoms with Gasteiger partial charge in [0.15, 0.2) is 0 Å². The average molecular weight is 426 g/mol. The van der Waals surface area contributed by atoms with Crippen LogP contribution in [0.1, 0.15) is 31.2 Å². The molecule has 160 valence electrons. The average Bonchev–Trinajstić information content (AvgIpc) is 3.47. The smallest absolute Gasteiger partial charge is 0.229 e. The van der Waals surface area contributed by atoms with Gasteiger partial charge in [0.2, 0.25) is 11.8 Å². The van der Waals surface area contributed by atoms with E-state index in [1.165, 1.54) is 11.0 Å². The molecule has 5 rings (SSSR count). The van der Waals surface area contributed by atoms with E-state index in [1.54, 1.807) is 18.2 Å². The molecule has 3 aromatic rings. The maximum atomic E-state index is 14.1. The van der Waals surface area contributed by atoms with Crippen LogP contribution in [0.5, 0.6) is 0 Å². The molecule has 9 heteroatoms. The van der Waals surface area contributed by atoms with Gasteiger partial charge < -0.3 is 19.9 Å². The van der Waals surface area contributed by atoms with Crippen LogP contribution in [0, 0.1) is 17.6 Å². The van der Waals surface area contributed by atoms with Crippen molar-refractivity contribution < 1.29 is 23.1 Å². The molecule has 0 spiro atoms. The van der Waals surface area contributed by atoms with E-state index in [1.807, 2.05) is 0 Å². The summed E-state index contributed by atoms with van der Waals surface area (Å²) in [6, 6.07) is 8.35. The lowest BCUT2D eigenvalue weighted by atomic mass is 10.1. The molecule has 2 fully saturated rings. The zero-order chi connectivity index (χ0) is 21.5. The Hall–Kier alpha value is -3.33. The van der Waals surface area contributed by atoms with E-state index in [0.29, 0.717) is 5.69 Å². The zero-order valence-corrected chi connectivity index (χ0v) is 16.5. The molecule has 31 heavy (non-hydrogen) atoms. The van der Waals surface area contributed by atoms with Gasteiger partial charge in [-0.05, 0) is 43.2 Å². The largest absolute Gasteiger partial charge is 0.370 e. The third-order valence-electron chi connectivity index (χ3n) is 5.70. The number of hydrogen-bond acceptors (Lipinski definition) is 4. The van der Waals surface area contributed by atoms with Gasteiger partial charge in [-0.25, -0.2) is 13.8 Å². The number of halogens is 2. The maximum absolute atomic E-state index is 14.1. The molecule has 2 aliphatic rings. The summed E-state index contributed by atoms with van der Waals surface area (Å²) in [6.07, 6.45) is 1.84. The molecule has 2 aromatic carbocycles. The fourth-order valence-corrected chi connectivity index (χ4v) is 4.11. The fourth-order valence-electron chi connectivity index (χ4n) is 4.11. The minimum absolute atomic E-state index is 0.0257. The Labute approximate surface area is 176 Å². The zero-order valence-electron chi connectivity index (χ0n) is 16.5. The van der Waals surface area contributed by atoms with Crippen molar-refractivity contribution in [3.8, 4) is 0 Å². The molecule has 0 radical (unpaired) electrons. The van der Waals surface area contributed by atoms with E-state index in [-0.39, 0.29) is 36.6 Å². The molecule has 7 nitrogen and oxygen atoms in total. The number of rotatable bonds is 4. The van der Waals surface area contributed by atoms with Crippen LogP contribution in [0.15, 0.2) is 36.4 Å². The first kappa shape index (κ1) is 19.6. The third kappa shape index (κ3) is 3.76. The fraction of sp³-hybridized carbons (Fsp3) is 0.318. The third-order valence-corrected chi connectivity index (χ3v) is 5.70. The maximum Gasteiger partial charge on any atom is 0.229 e. The number of benzene rings is 2. The Morgan fingerprint density at radius 2 is 2.10 bits per heavy atom. The molecular formula is C22H20F2N4O3. The molecule has 0 saturated carbocycles. The predicted molar refractivity (Wildman–Crippen MR) is 109 cm³/mol. The van der Waals surface area contributed by atoms with Gasteiger partial charge in [-0.3, -0.25) is 9.59 Å². The van der Waals surface area contributed by atoms with Crippen LogP contribution in [0.3, 0.4) is 0 Å². The number of aromatic nitrogens is 2. The van der Waals surface area contributed by atoms with Crippen LogP contribution in [-0.4, -0.2) is 34.9 Å². The SMILES string of the molecule is O=C(Nc1ccc2nc(C3CCCO3)[nH]c2c1)C1CC(=O)N(c2ccc(F)cc2F)C1. The molecule has 2 aliphatic heterocycles. The standard InChI is InChI=1S/C22H20F2N4O3/c23-13-3-6-18(15(24)9-13)28-11-12(8-20(28)29)22(30)25-14-4-5-16-17(10-14)27-21(26-16)19-2-1-7-31-19/h3-6,9-10,12,19H,1-2,7-8,11H2,(H,25,30)(H,26,27). The number of ether oxygens (including phenoxy) is 1. The molecule has 2 amide bonds. The molecular weight excluding hydrogens is 406 g/mol. The highest BCUT2D eigenvalue weighted by molar-refractivity contribution is 6.04. The normalized spacial score (nSPS) is 21.2. The summed E-state index contributed by atoms with van der Waals surface area (Å²) in [5, 5.41) is 2.82. The van der Waals surface area contributed by atoms with Crippen molar-refractivity contribution in [3.63, 3.8) is 0 Å². The molecule has 1 aromatic heterocycles. The quantitative estimate of drug-likeness (QED) is 0.666. The molecule has 2 unspecified atom stereocenters. The molecule has 2 atom stereocenters. The Morgan fingerprint density at radius 1 is 1.23 bits per heavy atom. The van der Waals surface area contributed by atoms with E-state index in [4.69, 9.17) is 4.74 Å². The van der Waals surface area contributed by atoms with E-state index < -0.39 is 17.6 Å². The second kappa shape index (κ2) is 7.73. The summed E-state index contributed by atoms with van der Waals surface area (Å²) < 4.78 is 32.9. The number of imidazole rings is 1. The number of amides is 2. The van der Waals surface area contributed by atoms with Crippen molar-refractivity contribution in [2.75, 3.05) is 23.4 Å². The highest BCUT2D eigenvalue weighted by atomic mass is 19.1. The van der Waals surface area contributed by atoms with Crippen molar-refractivity contribution in [2.45, 2.75) is 25.4 Å². The topological polar surface area (TPSA) is 87.3 Å². The second-order valence-corrected chi connectivity index (χ2v) is 7.85. The molecule has 0 bridgehead atoms. The van der Waals surface area contributed by atoms with Crippen LogP contribution in [0.25, 0.3) is 11.0 Å². The van der Waals surface area contributed by atoms with Crippen LogP contribution in [0.4, 0.5) is 20.2 Å². The van der Waals surface area contributed by atoms with E-state index in [9.17, 15) is 18.4 Å². The number of anilines is 2. The minimum atomic E-state index is -0.832. The lowest BCUT2D eigenvalue weighted by Gasteiger charge is -2.17. The number of nitrogens with one attached hydrogen (secondary N) is 2. The lowest BCUT2D eigenvalue weighted by Crippen LogP contribution is -2.28. The minimum Gasteiger partial charge on any atom is -0.370 e. The van der Waals surface area contributed by atoms with Gasteiger partial charge in [-0.1, -0.05) is 0 Å². The number of carbonyl (C=O) groups is 2. The van der Waals surface area contributed by atoms with Crippen molar-refractivity contribution in [1.82, 2.24) is 9.97 Å². The number of fused-ring (bicyclic) bond motifs is 1. The van der Waals surface area contributed by atoms with E-state index in [2.05, 4.69) is 15.3 Å². The van der Waals surface area contributed by atoms with Crippen LogP contribution < -0.4 is 10.2 Å². The van der Waals surface area contributed by atoms with Crippen molar-refractivity contribution in [1.29, 1.82) is 0 Å². The van der Waals surface area contributed by atoms with E-state index >= 15 is 0 Å². The van der Waals surface area contributed by atoms with Gasteiger partial charge in [-0.2, -0.15) is 0 Å². The number of hydrogen-bond donors (Lipinski definition) is 2. The van der Waals surface area contributed by atoms with Gasteiger partial charge in [0, 0.05) is 31.3 Å². The van der Waals surface area contributed by atoms with Crippen LogP contribution in [-0.2, 0) is 14.3 Å². The first-order chi connectivity index (χ1) is 15.0. The van der Waals surface area contributed by atoms with Gasteiger partial charge in [0.1, 0.15) is 23.6 Å². The summed E-state index contributed by atoms with van der Waals surface area (Å²) >= 11 is 0. The number of carbonyl (C=O) groups excluding carboxylic acids is 2. The Morgan fingerprint density at radius 3 is 2.87 bits per heavy atom. The summed E-state index contributed by atoms with van der Waals surface area (Å²) in [5.41, 5.74) is 2.10. The predicted octanol–water partition coefficient (Wildman–Crippen LogP) is 3.68. The Bertz CT molecular complexity index is 1170. The number of nitrogens with zero attached hydrogens (tertiary/aromatic N) is 2. The van der Waals surface area contributed by atoms with E-state index in [0.717, 1.165) is 48.4 Å². The van der Waals surface area contributed by atoms with Crippen LogP contribution >= 0.6 is 0 Å². The Kier molecular flexibility index (Phi) is 4.90. The lowest BCUT2D eigenvalue weighted by molar-refractivity contribution is -0.122. The molecule has 2 N–H and O–H groups in total. The highest BCUT2D eigenvalue weighted by Gasteiger charge is 2.36. The molecule has 2 saturated heterocycles. The number of aromatic amines is 1. The van der Waals surface area contributed by atoms with Crippen molar-refractivity contribution in [2.24, 2.45) is 5.92 Å². The number of H-pyrrole nitrogens is 1. The second-order valence-electron chi connectivity index (χ2n) is 7.85. The molecule has 3 heterocycles. The molecule has 0 aliphatic carbocycles. The first-order valence-corrected chi connectivity index (χ1v) is 10.2. The Balaban J connectivity index is 1.29. The van der Waals surface area contributed by atoms with Crippen molar-refractivity contribution >= 4 is 34.2 Å². The van der Waals surface area contributed by atoms with Gasteiger partial charge in [-0.15, -0.1) is 0 Å². The highest BCUT2D eigenvalue weighted by Crippen LogP contribution is 2.30. The summed E-state index contributed by atoms with van der Waals surface area (Å²) in [6.45, 7) is 0.755. The van der Waals surface area contributed by atoms with Crippen molar-refractivity contribution in [3.05, 3.63) is 53.9 Å². The van der Waals surface area contributed by atoms with Crippen LogP contribution in [0.2, 0.25) is 0 Å². The summed E-state index contributed by atoms with van der Waals surface area (Å²) in [5.74, 6) is -2.14. The first-order valence-electron chi connectivity index (χ1n) is 10.2. The monoisotopic (exact) mass is 426 g/mol. The van der Waals surface area contributed by atoms with Gasteiger partial charge in [0.25, 0.3) is 0 Å². The van der Waals surface area contributed by atoms with Gasteiger partial charge in [0.05, 0.1) is 22.6 Å². The summed E-state index contributed by atoms with van der Waals surface area (Å²) in [4.78, 5) is 34.1. The van der Waals surface area contributed by atoms with Gasteiger partial charge >= 0.3 is 0 Å². The summed E-state index contributed by atoms with van der Waals surface area (Å²) in [7, 11) is 0.